The average molecular weight is 364 g/mol. The number of nitrogens with zero attached hydrogens (tertiary/aromatic N) is 2. The zero-order chi connectivity index (χ0) is 18.1. The summed E-state index contributed by atoms with van der Waals surface area (Å²) in [6, 6.07) is 13.4. The maximum absolute atomic E-state index is 12.6. The molecule has 0 saturated carbocycles. The number of aromatic nitrogens is 1. The Balaban J connectivity index is 1.71. The van der Waals surface area contributed by atoms with E-state index < -0.39 is 6.10 Å². The van der Waals surface area contributed by atoms with Crippen LogP contribution in [0.4, 0.5) is 0 Å². The topological polar surface area (TPSA) is 52.8 Å². The lowest BCUT2D eigenvalue weighted by molar-refractivity contribution is -0.127. The van der Waals surface area contributed by atoms with E-state index in [2.05, 4.69) is 17.0 Å². The normalized spacial score (nSPS) is 16.5. The molecule has 0 radical (unpaired) electrons. The van der Waals surface area contributed by atoms with Crippen molar-refractivity contribution >= 4 is 27.5 Å². The fraction of sp³-hybridized carbons (Fsp3) is 0.200. The molecule has 2 aromatic carbocycles. The summed E-state index contributed by atoms with van der Waals surface area (Å²) in [6.07, 6.45) is 4.73. The number of terminal acetylenes is 1. The summed E-state index contributed by atoms with van der Waals surface area (Å²) in [5.74, 6) is 3.43. The van der Waals surface area contributed by atoms with Crippen LogP contribution in [-0.4, -0.2) is 23.2 Å². The third-order valence-corrected chi connectivity index (χ3v) is 5.12. The molecule has 1 aliphatic heterocycles. The highest BCUT2D eigenvalue weighted by atomic mass is 32.1. The minimum Gasteiger partial charge on any atom is -0.485 e. The Morgan fingerprint density at radius 3 is 2.96 bits per heavy atom. The highest BCUT2D eigenvalue weighted by Crippen LogP contribution is 2.31. The van der Waals surface area contributed by atoms with Gasteiger partial charge < -0.3 is 14.0 Å². The first kappa shape index (κ1) is 16.4. The Bertz CT molecular complexity index is 1100. The number of aryl methyl sites for hydroxylation is 1. The monoisotopic (exact) mass is 364 g/mol. The molecule has 130 valence electrons. The van der Waals surface area contributed by atoms with E-state index in [4.69, 9.17) is 15.9 Å². The summed E-state index contributed by atoms with van der Waals surface area (Å²) in [4.78, 5) is 17.5. The van der Waals surface area contributed by atoms with Gasteiger partial charge in [0.05, 0.1) is 16.8 Å². The van der Waals surface area contributed by atoms with Crippen molar-refractivity contribution in [1.82, 2.24) is 4.57 Å². The maximum Gasteiger partial charge on any atom is 0.292 e. The molecule has 0 saturated heterocycles. The van der Waals surface area contributed by atoms with Gasteiger partial charge in [-0.05, 0) is 36.8 Å². The van der Waals surface area contributed by atoms with Gasteiger partial charge in [-0.3, -0.25) is 4.79 Å². The lowest BCUT2D eigenvalue weighted by Gasteiger charge is -2.23. The van der Waals surface area contributed by atoms with E-state index in [1.165, 1.54) is 11.3 Å². The Labute approximate surface area is 154 Å². The number of carbonyl (C=O) groups is 1. The zero-order valence-corrected chi connectivity index (χ0v) is 15.0. The number of hydrogen-bond donors (Lipinski definition) is 0. The van der Waals surface area contributed by atoms with Crippen LogP contribution in [0.3, 0.4) is 0 Å². The molecule has 0 N–H and O–H groups in total. The van der Waals surface area contributed by atoms with Gasteiger partial charge in [-0.15, -0.1) is 6.42 Å². The minimum absolute atomic E-state index is 0.137. The molecule has 1 amide bonds. The SMILES string of the molecule is C#CCn1c(=NC(=O)[C@H]2COc3ccccc3O2)sc2cc(C)ccc21. The fourth-order valence-corrected chi connectivity index (χ4v) is 3.95. The Hall–Kier alpha value is -3.04. The third-order valence-electron chi connectivity index (χ3n) is 4.08. The molecule has 5 nitrogen and oxygen atoms in total. The van der Waals surface area contributed by atoms with Crippen molar-refractivity contribution in [2.75, 3.05) is 6.61 Å². The maximum atomic E-state index is 12.6. The number of carbonyl (C=O) groups excluding carboxylic acids is 1. The Morgan fingerprint density at radius 1 is 1.35 bits per heavy atom. The van der Waals surface area contributed by atoms with Gasteiger partial charge >= 0.3 is 0 Å². The van der Waals surface area contributed by atoms with Gasteiger partial charge in [0.15, 0.2) is 16.3 Å². The van der Waals surface area contributed by atoms with Crippen molar-refractivity contribution < 1.29 is 14.3 Å². The minimum atomic E-state index is -0.767. The highest BCUT2D eigenvalue weighted by molar-refractivity contribution is 7.16. The second kappa shape index (κ2) is 6.70. The van der Waals surface area contributed by atoms with Crippen molar-refractivity contribution in [2.24, 2.45) is 4.99 Å². The first-order chi connectivity index (χ1) is 12.7. The number of fused-ring (bicyclic) bond motifs is 2. The Kier molecular flexibility index (Phi) is 4.23. The number of thiazole rings is 1. The van der Waals surface area contributed by atoms with E-state index in [1.807, 2.05) is 41.8 Å². The van der Waals surface area contributed by atoms with Gasteiger partial charge in [0.25, 0.3) is 5.91 Å². The van der Waals surface area contributed by atoms with Crippen molar-refractivity contribution in [3.8, 4) is 23.8 Å². The van der Waals surface area contributed by atoms with Crippen LogP contribution in [-0.2, 0) is 11.3 Å². The zero-order valence-electron chi connectivity index (χ0n) is 14.1. The fourth-order valence-electron chi connectivity index (χ4n) is 2.82. The molecule has 4 rings (SSSR count). The summed E-state index contributed by atoms with van der Waals surface area (Å²) in [7, 11) is 0. The van der Waals surface area contributed by atoms with Gasteiger partial charge in [0.1, 0.15) is 6.61 Å². The number of benzene rings is 2. The average Bonchev–Trinajstić information content (AvgIpc) is 2.98. The van der Waals surface area contributed by atoms with E-state index in [0.29, 0.717) is 22.8 Å². The molecule has 3 aromatic rings. The predicted molar refractivity (Wildman–Crippen MR) is 100 cm³/mol. The largest absolute Gasteiger partial charge is 0.485 e. The van der Waals surface area contributed by atoms with E-state index in [1.54, 1.807) is 6.07 Å². The quantitative estimate of drug-likeness (QED) is 0.657. The lowest BCUT2D eigenvalue weighted by Crippen LogP contribution is -2.36. The second-order valence-corrected chi connectivity index (χ2v) is 6.97. The van der Waals surface area contributed by atoms with Crippen molar-refractivity contribution in [3.05, 3.63) is 52.8 Å². The molecule has 6 heteroatoms. The van der Waals surface area contributed by atoms with Crippen molar-refractivity contribution in [2.45, 2.75) is 19.6 Å². The van der Waals surface area contributed by atoms with E-state index in [-0.39, 0.29) is 12.5 Å². The van der Waals surface area contributed by atoms with Crippen LogP contribution in [0.25, 0.3) is 10.2 Å². The first-order valence-corrected chi connectivity index (χ1v) is 8.98. The lowest BCUT2D eigenvalue weighted by atomic mass is 10.2. The van der Waals surface area contributed by atoms with Crippen LogP contribution in [0.2, 0.25) is 0 Å². The molecule has 0 bridgehead atoms. The van der Waals surface area contributed by atoms with Crippen LogP contribution in [0, 0.1) is 19.3 Å². The summed E-state index contributed by atoms with van der Waals surface area (Å²) < 4.78 is 14.3. The number of hydrogen-bond acceptors (Lipinski definition) is 4. The van der Waals surface area contributed by atoms with Crippen LogP contribution < -0.4 is 14.3 Å². The first-order valence-electron chi connectivity index (χ1n) is 8.16. The number of amides is 1. The molecule has 26 heavy (non-hydrogen) atoms. The van der Waals surface area contributed by atoms with Crippen molar-refractivity contribution in [1.29, 1.82) is 0 Å². The molecule has 1 aromatic heterocycles. The van der Waals surface area contributed by atoms with Crippen LogP contribution >= 0.6 is 11.3 Å². The number of para-hydroxylation sites is 2. The number of ether oxygens (including phenoxy) is 2. The van der Waals surface area contributed by atoms with Gasteiger partial charge in [0, 0.05) is 0 Å². The molecule has 1 aliphatic rings. The smallest absolute Gasteiger partial charge is 0.292 e. The van der Waals surface area contributed by atoms with E-state index in [0.717, 1.165) is 15.8 Å². The van der Waals surface area contributed by atoms with Crippen LogP contribution in [0.1, 0.15) is 5.56 Å². The molecule has 0 aliphatic carbocycles. The molecule has 1 atom stereocenters. The summed E-state index contributed by atoms with van der Waals surface area (Å²) >= 11 is 1.44. The Morgan fingerprint density at radius 2 is 2.15 bits per heavy atom. The van der Waals surface area contributed by atoms with Gasteiger partial charge in [-0.1, -0.05) is 35.5 Å². The standard InChI is InChI=1S/C20H16N2O3S/c1-3-10-22-14-9-8-13(2)11-18(14)26-20(22)21-19(23)17-12-24-15-6-4-5-7-16(15)25-17/h1,4-9,11,17H,10,12H2,2H3/t17-/m1/s1. The molecular weight excluding hydrogens is 348 g/mol. The summed E-state index contributed by atoms with van der Waals surface area (Å²) in [5.41, 5.74) is 2.11. The molecule has 2 heterocycles. The summed E-state index contributed by atoms with van der Waals surface area (Å²) in [5, 5.41) is 0. The third kappa shape index (κ3) is 2.98. The van der Waals surface area contributed by atoms with Crippen LogP contribution in [0.15, 0.2) is 47.5 Å². The van der Waals surface area contributed by atoms with Gasteiger partial charge in [-0.25, -0.2) is 0 Å². The van der Waals surface area contributed by atoms with E-state index in [9.17, 15) is 4.79 Å². The molecular formula is C20H16N2O3S. The van der Waals surface area contributed by atoms with Gasteiger partial charge in [0.2, 0.25) is 6.10 Å². The molecule has 0 unspecified atom stereocenters. The van der Waals surface area contributed by atoms with Gasteiger partial charge in [-0.2, -0.15) is 4.99 Å². The summed E-state index contributed by atoms with van der Waals surface area (Å²) in [6.45, 7) is 2.51. The molecule has 0 fully saturated rings. The highest BCUT2D eigenvalue weighted by Gasteiger charge is 2.27. The second-order valence-electron chi connectivity index (χ2n) is 5.96. The number of rotatable bonds is 2. The van der Waals surface area contributed by atoms with Crippen LogP contribution in [0.5, 0.6) is 11.5 Å². The van der Waals surface area contributed by atoms with E-state index >= 15 is 0 Å². The van der Waals surface area contributed by atoms with Crippen molar-refractivity contribution in [3.63, 3.8) is 0 Å². The predicted octanol–water partition coefficient (Wildman–Crippen LogP) is 2.91. The molecule has 0 spiro atoms.